The van der Waals surface area contributed by atoms with E-state index >= 15 is 0 Å². The first-order valence-electron chi connectivity index (χ1n) is 6.42. The van der Waals surface area contributed by atoms with Gasteiger partial charge in [-0.2, -0.15) is 0 Å². The van der Waals surface area contributed by atoms with Crippen molar-refractivity contribution in [3.63, 3.8) is 0 Å². The molecule has 2 aromatic rings. The van der Waals surface area contributed by atoms with Crippen molar-refractivity contribution in [2.45, 2.75) is 39.2 Å². The van der Waals surface area contributed by atoms with Crippen LogP contribution in [-0.4, -0.2) is 16.1 Å². The lowest BCUT2D eigenvalue weighted by molar-refractivity contribution is 0.538. The Labute approximate surface area is 113 Å². The Bertz CT molecular complexity index is 545. The number of hydrogen-bond acceptors (Lipinski definition) is 2. The Morgan fingerprint density at radius 3 is 2.67 bits per heavy atom. The molecule has 0 bridgehead atoms. The normalized spacial score (nSPS) is 13.4. The molecule has 2 rings (SSSR count). The number of imidazole rings is 1. The quantitative estimate of drug-likeness (QED) is 0.916. The second-order valence-corrected chi connectivity index (χ2v) is 5.48. The molecule has 4 heteroatoms. The molecule has 0 spiro atoms. The van der Waals surface area contributed by atoms with Gasteiger partial charge in [-0.25, -0.2) is 4.98 Å². The van der Waals surface area contributed by atoms with Crippen molar-refractivity contribution < 1.29 is 0 Å². The minimum Gasteiger partial charge on any atom is -0.330 e. The summed E-state index contributed by atoms with van der Waals surface area (Å²) in [5.41, 5.74) is 7.77. The first-order chi connectivity index (χ1) is 8.54. The molecule has 1 aromatic carbocycles. The van der Waals surface area contributed by atoms with Crippen LogP contribution in [0.5, 0.6) is 0 Å². The molecule has 0 aliphatic heterocycles. The van der Waals surface area contributed by atoms with Crippen LogP contribution in [0.1, 0.15) is 45.0 Å². The molecule has 3 nitrogen and oxygen atoms in total. The van der Waals surface area contributed by atoms with Crippen LogP contribution in [0.2, 0.25) is 5.02 Å². The third-order valence-electron chi connectivity index (χ3n) is 3.24. The second-order valence-electron chi connectivity index (χ2n) is 5.05. The predicted molar refractivity (Wildman–Crippen MR) is 77.2 cm³/mol. The second kappa shape index (κ2) is 5.29. The minimum absolute atomic E-state index is 0.364. The Morgan fingerprint density at radius 1 is 1.33 bits per heavy atom. The molecule has 1 aromatic heterocycles. The van der Waals surface area contributed by atoms with Gasteiger partial charge in [0.1, 0.15) is 5.82 Å². The monoisotopic (exact) mass is 265 g/mol. The highest BCUT2D eigenvalue weighted by atomic mass is 35.5. The number of rotatable bonds is 4. The van der Waals surface area contributed by atoms with E-state index in [1.807, 2.05) is 18.2 Å². The van der Waals surface area contributed by atoms with Gasteiger partial charge in [0.2, 0.25) is 0 Å². The third kappa shape index (κ3) is 2.38. The third-order valence-corrected chi connectivity index (χ3v) is 3.47. The van der Waals surface area contributed by atoms with Gasteiger partial charge in [-0.3, -0.25) is 0 Å². The topological polar surface area (TPSA) is 43.8 Å². The summed E-state index contributed by atoms with van der Waals surface area (Å²) in [7, 11) is 0. The van der Waals surface area contributed by atoms with Gasteiger partial charge < -0.3 is 10.3 Å². The largest absolute Gasteiger partial charge is 0.330 e. The van der Waals surface area contributed by atoms with Gasteiger partial charge in [-0.15, -0.1) is 0 Å². The van der Waals surface area contributed by atoms with Gasteiger partial charge in [0.05, 0.1) is 11.0 Å². The molecule has 0 aliphatic carbocycles. The summed E-state index contributed by atoms with van der Waals surface area (Å²) in [6, 6.07) is 6.27. The van der Waals surface area contributed by atoms with Crippen LogP contribution in [0.3, 0.4) is 0 Å². The number of hydrogen-bond donors (Lipinski definition) is 1. The summed E-state index contributed by atoms with van der Waals surface area (Å²) in [5.74, 6) is 1.47. The number of halogens is 1. The van der Waals surface area contributed by atoms with Crippen molar-refractivity contribution in [3.05, 3.63) is 29.0 Å². The molecule has 0 aliphatic rings. The fourth-order valence-electron chi connectivity index (χ4n) is 2.36. The maximum atomic E-state index is 6.03. The lowest BCUT2D eigenvalue weighted by atomic mass is 10.1. The SMILES string of the molecule is CC(CCN)c1nc2cc(Cl)ccc2n1C(C)C. The molecule has 0 fully saturated rings. The summed E-state index contributed by atoms with van der Waals surface area (Å²) < 4.78 is 2.28. The van der Waals surface area contributed by atoms with Crippen LogP contribution in [0.25, 0.3) is 11.0 Å². The molecular formula is C14H20ClN3. The Hall–Kier alpha value is -1.06. The van der Waals surface area contributed by atoms with Gasteiger partial charge >= 0.3 is 0 Å². The molecule has 0 amide bonds. The highest BCUT2D eigenvalue weighted by Gasteiger charge is 2.18. The lowest BCUT2D eigenvalue weighted by Gasteiger charge is -2.17. The first kappa shape index (κ1) is 13.4. The highest BCUT2D eigenvalue weighted by Crippen LogP contribution is 2.28. The van der Waals surface area contributed by atoms with E-state index in [4.69, 9.17) is 22.3 Å². The minimum atomic E-state index is 0.364. The fourth-order valence-corrected chi connectivity index (χ4v) is 2.53. The van der Waals surface area contributed by atoms with E-state index in [0.717, 1.165) is 28.3 Å². The number of nitrogens with zero attached hydrogens (tertiary/aromatic N) is 2. The Kier molecular flexibility index (Phi) is 3.93. The standard InChI is InChI=1S/C14H20ClN3/c1-9(2)18-13-5-4-11(15)8-12(13)17-14(18)10(3)6-7-16/h4-5,8-10H,6-7,16H2,1-3H3. The summed E-state index contributed by atoms with van der Waals surface area (Å²) >= 11 is 6.03. The van der Waals surface area contributed by atoms with Crippen LogP contribution in [0, 0.1) is 0 Å². The van der Waals surface area contributed by atoms with Crippen LogP contribution >= 0.6 is 11.6 Å². The molecule has 98 valence electrons. The van der Waals surface area contributed by atoms with Gasteiger partial charge in [0.15, 0.2) is 0 Å². The highest BCUT2D eigenvalue weighted by molar-refractivity contribution is 6.31. The van der Waals surface area contributed by atoms with Gasteiger partial charge in [0.25, 0.3) is 0 Å². The molecule has 1 atom stereocenters. The molecule has 0 radical (unpaired) electrons. The summed E-state index contributed by atoms with van der Waals surface area (Å²) in [6.45, 7) is 7.21. The number of benzene rings is 1. The van der Waals surface area contributed by atoms with Crippen LogP contribution < -0.4 is 5.73 Å². The van der Waals surface area contributed by atoms with Crippen LogP contribution in [0.4, 0.5) is 0 Å². The van der Waals surface area contributed by atoms with Crippen LogP contribution in [0.15, 0.2) is 18.2 Å². The zero-order valence-electron chi connectivity index (χ0n) is 11.2. The van der Waals surface area contributed by atoms with Gasteiger partial charge in [-0.05, 0) is 45.0 Å². The number of fused-ring (bicyclic) bond motifs is 1. The average Bonchev–Trinajstić information content (AvgIpc) is 2.67. The van der Waals surface area contributed by atoms with Crippen LogP contribution in [-0.2, 0) is 0 Å². The van der Waals surface area contributed by atoms with Crippen molar-refractivity contribution in [1.29, 1.82) is 0 Å². The van der Waals surface area contributed by atoms with Gasteiger partial charge in [-0.1, -0.05) is 18.5 Å². The molecule has 18 heavy (non-hydrogen) atoms. The molecule has 1 unspecified atom stereocenters. The van der Waals surface area contributed by atoms with E-state index in [9.17, 15) is 0 Å². The van der Waals surface area contributed by atoms with Crippen molar-refractivity contribution in [2.75, 3.05) is 6.54 Å². The van der Waals surface area contributed by atoms with E-state index < -0.39 is 0 Å². The summed E-state index contributed by atoms with van der Waals surface area (Å²) in [5, 5.41) is 0.730. The van der Waals surface area contributed by atoms with Crippen molar-refractivity contribution >= 4 is 22.6 Å². The molecule has 0 saturated carbocycles. The number of aromatic nitrogens is 2. The molecule has 1 heterocycles. The zero-order valence-corrected chi connectivity index (χ0v) is 11.9. The van der Waals surface area contributed by atoms with E-state index in [1.165, 1.54) is 0 Å². The number of nitrogens with two attached hydrogens (primary N) is 1. The van der Waals surface area contributed by atoms with Gasteiger partial charge in [0, 0.05) is 17.0 Å². The lowest BCUT2D eigenvalue weighted by Crippen LogP contribution is -2.12. The van der Waals surface area contributed by atoms with Crippen molar-refractivity contribution in [1.82, 2.24) is 9.55 Å². The zero-order chi connectivity index (χ0) is 13.3. The molecular weight excluding hydrogens is 246 g/mol. The summed E-state index contributed by atoms with van der Waals surface area (Å²) in [6.07, 6.45) is 0.948. The molecule has 2 N–H and O–H groups in total. The smallest absolute Gasteiger partial charge is 0.113 e. The maximum absolute atomic E-state index is 6.03. The maximum Gasteiger partial charge on any atom is 0.113 e. The van der Waals surface area contributed by atoms with E-state index in [-0.39, 0.29) is 0 Å². The Balaban J connectivity index is 2.60. The fraction of sp³-hybridized carbons (Fsp3) is 0.500. The van der Waals surface area contributed by atoms with E-state index in [2.05, 4.69) is 25.3 Å². The average molecular weight is 266 g/mol. The van der Waals surface area contributed by atoms with E-state index in [0.29, 0.717) is 18.5 Å². The molecule has 0 saturated heterocycles. The first-order valence-corrected chi connectivity index (χ1v) is 6.79. The Morgan fingerprint density at radius 2 is 2.06 bits per heavy atom. The predicted octanol–water partition coefficient (Wildman–Crippen LogP) is 3.72. The van der Waals surface area contributed by atoms with E-state index in [1.54, 1.807) is 0 Å². The van der Waals surface area contributed by atoms with Crippen molar-refractivity contribution in [3.8, 4) is 0 Å². The van der Waals surface area contributed by atoms with Crippen molar-refractivity contribution in [2.24, 2.45) is 5.73 Å². The summed E-state index contributed by atoms with van der Waals surface area (Å²) in [4.78, 5) is 4.74.